The second-order valence-electron chi connectivity index (χ2n) is 10.1. The Morgan fingerprint density at radius 2 is 1.51 bits per heavy atom. The van der Waals surface area contributed by atoms with Gasteiger partial charge in [0, 0.05) is 6.07 Å². The molecule has 2 aliphatic rings. The van der Waals surface area contributed by atoms with Gasteiger partial charge in [-0.1, -0.05) is 32.6 Å². The zero-order valence-corrected chi connectivity index (χ0v) is 21.0. The van der Waals surface area contributed by atoms with E-state index in [0.717, 1.165) is 50.7 Å². The molecule has 2 saturated carbocycles. The summed E-state index contributed by atoms with van der Waals surface area (Å²) in [6.07, 6.45) is -3.22. The van der Waals surface area contributed by atoms with Gasteiger partial charge in [-0.15, -0.1) is 0 Å². The van der Waals surface area contributed by atoms with Crippen molar-refractivity contribution >= 4 is 0 Å². The van der Waals surface area contributed by atoms with Crippen LogP contribution in [0.15, 0.2) is 30.5 Å². The van der Waals surface area contributed by atoms with Gasteiger partial charge in [0.15, 0.2) is 17.8 Å². The van der Waals surface area contributed by atoms with Crippen molar-refractivity contribution in [1.29, 1.82) is 0 Å². The molecule has 0 radical (unpaired) electrons. The van der Waals surface area contributed by atoms with Gasteiger partial charge in [0.05, 0.1) is 17.9 Å². The molecule has 0 unspecified atom stereocenters. The number of unbranched alkanes of at least 4 members (excludes halogenated alkanes) is 2. The van der Waals surface area contributed by atoms with E-state index < -0.39 is 53.6 Å². The first-order chi connectivity index (χ1) is 17.5. The lowest BCUT2D eigenvalue weighted by atomic mass is 9.79. The maximum Gasteiger partial charge on any atom is 0.400 e. The van der Waals surface area contributed by atoms with Gasteiger partial charge in [0.1, 0.15) is 5.75 Å². The number of rotatable bonds is 12. The van der Waals surface area contributed by atoms with E-state index >= 15 is 0 Å². The molecule has 1 aromatic carbocycles. The molecule has 0 aliphatic heterocycles. The van der Waals surface area contributed by atoms with E-state index in [2.05, 4.69) is 11.7 Å². The van der Waals surface area contributed by atoms with Crippen LogP contribution in [0.5, 0.6) is 11.5 Å². The monoisotopic (exact) mass is 540 g/mol. The summed E-state index contributed by atoms with van der Waals surface area (Å²) in [4.78, 5) is 0. The van der Waals surface area contributed by atoms with Crippen molar-refractivity contribution in [3.8, 4) is 11.5 Å². The lowest BCUT2D eigenvalue weighted by Crippen LogP contribution is -2.42. The van der Waals surface area contributed by atoms with Crippen molar-refractivity contribution in [2.45, 2.75) is 102 Å². The van der Waals surface area contributed by atoms with Gasteiger partial charge in [0.25, 0.3) is 0 Å². The van der Waals surface area contributed by atoms with Gasteiger partial charge in [-0.3, -0.25) is 0 Å². The fourth-order valence-corrected chi connectivity index (χ4v) is 5.29. The van der Waals surface area contributed by atoms with E-state index in [9.17, 15) is 30.7 Å². The predicted octanol–water partition coefficient (Wildman–Crippen LogP) is 9.47. The van der Waals surface area contributed by atoms with E-state index in [0.29, 0.717) is 24.8 Å². The van der Waals surface area contributed by atoms with Crippen molar-refractivity contribution in [2.75, 3.05) is 0 Å². The summed E-state index contributed by atoms with van der Waals surface area (Å²) < 4.78 is 111. The Kier molecular flexibility index (Phi) is 10.6. The number of benzene rings is 1. The summed E-state index contributed by atoms with van der Waals surface area (Å²) in [6.45, 7) is 2.13. The first kappa shape index (κ1) is 29.6. The van der Waals surface area contributed by atoms with E-state index in [1.54, 1.807) is 0 Å². The topological polar surface area (TPSA) is 27.7 Å². The first-order valence-electron chi connectivity index (χ1n) is 13.1. The summed E-state index contributed by atoms with van der Waals surface area (Å²) in [5.41, 5.74) is 0. The van der Waals surface area contributed by atoms with Crippen LogP contribution in [0.1, 0.15) is 84.0 Å². The molecule has 2 aliphatic carbocycles. The molecule has 0 saturated heterocycles. The van der Waals surface area contributed by atoms with Gasteiger partial charge in [-0.25, -0.2) is 4.39 Å². The second kappa shape index (κ2) is 13.2. The fraction of sp³-hybridized carbons (Fsp3) is 0.704. The Morgan fingerprint density at radius 3 is 2.11 bits per heavy atom. The zero-order chi connectivity index (χ0) is 27.1. The third-order valence-corrected chi connectivity index (χ3v) is 7.44. The Balaban J connectivity index is 1.46. The number of ether oxygens (including phenoxy) is 3. The average Bonchev–Trinajstić information content (AvgIpc) is 2.84. The van der Waals surface area contributed by atoms with Crippen LogP contribution >= 0.6 is 0 Å². The molecule has 0 aromatic heterocycles. The highest BCUT2D eigenvalue weighted by Gasteiger charge is 2.48. The third kappa shape index (κ3) is 8.79. The number of hydrogen-bond acceptors (Lipinski definition) is 3. The molecule has 0 atom stereocenters. The third-order valence-electron chi connectivity index (χ3n) is 7.44. The number of halogens is 7. The minimum atomic E-state index is -3.68. The molecule has 3 nitrogen and oxygen atoms in total. The van der Waals surface area contributed by atoms with Crippen LogP contribution in [0.2, 0.25) is 0 Å². The highest BCUT2D eigenvalue weighted by molar-refractivity contribution is 5.33. The van der Waals surface area contributed by atoms with Gasteiger partial charge < -0.3 is 14.2 Å². The normalized spacial score (nSPS) is 25.0. The SMILES string of the molecule is CCCCCC1CCC(C(F)(F)OC2CCC(C(F)(F)Oc3ccc(OC=C(F)F)c(F)c3)CC2)CC1. The minimum Gasteiger partial charge on any atom is -0.456 e. The Hall–Kier alpha value is -1.97. The first-order valence-corrected chi connectivity index (χ1v) is 13.1. The molecule has 0 bridgehead atoms. The maximum atomic E-state index is 14.8. The van der Waals surface area contributed by atoms with E-state index in [1.807, 2.05) is 0 Å². The second-order valence-corrected chi connectivity index (χ2v) is 10.1. The van der Waals surface area contributed by atoms with Crippen molar-refractivity contribution in [3.05, 3.63) is 36.4 Å². The van der Waals surface area contributed by atoms with Crippen LogP contribution in [0, 0.1) is 23.6 Å². The molecule has 37 heavy (non-hydrogen) atoms. The molecule has 0 N–H and O–H groups in total. The Labute approximate surface area is 213 Å². The molecule has 0 spiro atoms. The highest BCUT2D eigenvalue weighted by Crippen LogP contribution is 2.44. The largest absolute Gasteiger partial charge is 0.456 e. The van der Waals surface area contributed by atoms with E-state index in [4.69, 9.17) is 9.47 Å². The predicted molar refractivity (Wildman–Crippen MR) is 124 cm³/mol. The molecule has 0 amide bonds. The number of hydrogen-bond donors (Lipinski definition) is 0. The molecule has 0 heterocycles. The van der Waals surface area contributed by atoms with Gasteiger partial charge in [-0.05, 0) is 69.4 Å². The van der Waals surface area contributed by atoms with Gasteiger partial charge in [0.2, 0.25) is 0 Å². The van der Waals surface area contributed by atoms with E-state index in [-0.39, 0.29) is 31.9 Å². The molecule has 2 fully saturated rings. The summed E-state index contributed by atoms with van der Waals surface area (Å²) in [6, 6.07) is 2.48. The summed E-state index contributed by atoms with van der Waals surface area (Å²) >= 11 is 0. The molecular weight excluding hydrogens is 505 g/mol. The van der Waals surface area contributed by atoms with Crippen LogP contribution in [0.3, 0.4) is 0 Å². The molecule has 3 rings (SSSR count). The van der Waals surface area contributed by atoms with Crippen LogP contribution in [-0.2, 0) is 4.74 Å². The molecule has 10 heteroatoms. The lowest BCUT2D eigenvalue weighted by molar-refractivity contribution is -0.306. The van der Waals surface area contributed by atoms with E-state index in [1.165, 1.54) is 0 Å². The quantitative estimate of drug-likeness (QED) is 0.150. The average molecular weight is 541 g/mol. The van der Waals surface area contributed by atoms with Crippen molar-refractivity contribution in [3.63, 3.8) is 0 Å². The Bertz CT molecular complexity index is 873. The van der Waals surface area contributed by atoms with Crippen LogP contribution in [-0.4, -0.2) is 18.3 Å². The standard InChI is InChI=1S/C27H35F7O3/c1-2-3-4-5-18-6-8-19(9-7-18)26(31,32)36-21-12-10-20(11-13-21)27(33,34)37-22-14-15-24(23(28)16-22)35-17-25(29)30/h14-21H,2-13H2,1H3. The van der Waals surface area contributed by atoms with Crippen molar-refractivity contribution in [1.82, 2.24) is 0 Å². The van der Waals surface area contributed by atoms with Crippen molar-refractivity contribution in [2.24, 2.45) is 17.8 Å². The summed E-state index contributed by atoms with van der Waals surface area (Å²) in [7, 11) is 0. The van der Waals surface area contributed by atoms with Gasteiger partial charge >= 0.3 is 18.3 Å². The van der Waals surface area contributed by atoms with Crippen LogP contribution in [0.25, 0.3) is 0 Å². The fourth-order valence-electron chi connectivity index (χ4n) is 5.29. The Morgan fingerprint density at radius 1 is 0.892 bits per heavy atom. The summed E-state index contributed by atoms with van der Waals surface area (Å²) in [5, 5.41) is 0. The lowest BCUT2D eigenvalue weighted by Gasteiger charge is -2.38. The van der Waals surface area contributed by atoms with Gasteiger partial charge in [-0.2, -0.15) is 26.3 Å². The van der Waals surface area contributed by atoms with Crippen LogP contribution in [0.4, 0.5) is 30.7 Å². The van der Waals surface area contributed by atoms with Crippen molar-refractivity contribution < 1.29 is 44.9 Å². The minimum absolute atomic E-state index is 0.0250. The molecule has 210 valence electrons. The summed E-state index contributed by atoms with van der Waals surface area (Å²) in [5.74, 6) is -3.86. The smallest absolute Gasteiger partial charge is 0.400 e. The highest BCUT2D eigenvalue weighted by atomic mass is 19.3. The zero-order valence-electron chi connectivity index (χ0n) is 21.0. The maximum absolute atomic E-state index is 14.8. The number of alkyl halides is 4. The molecule has 1 aromatic rings. The molecular formula is C27H35F7O3. The van der Waals surface area contributed by atoms with Crippen LogP contribution < -0.4 is 9.47 Å².